The summed E-state index contributed by atoms with van der Waals surface area (Å²) in [5, 5.41) is 15.4. The molecule has 0 aliphatic heterocycles. The maximum atomic E-state index is 12.7. The number of thiophene rings is 1. The Balaban J connectivity index is 1.52. The minimum absolute atomic E-state index is 0.0676. The lowest BCUT2D eigenvalue weighted by atomic mass is 10.0. The third-order valence-electron chi connectivity index (χ3n) is 4.50. The zero-order valence-electron chi connectivity index (χ0n) is 14.8. The number of tetrazole rings is 1. The number of fused-ring (bicyclic) bond motifs is 3. The number of ether oxygens (including phenoxy) is 1. The molecule has 0 saturated heterocycles. The van der Waals surface area contributed by atoms with E-state index in [0.717, 1.165) is 16.2 Å². The quantitative estimate of drug-likeness (QED) is 0.257. The highest BCUT2D eigenvalue weighted by Crippen LogP contribution is 2.28. The number of rotatable bonds is 4. The monoisotopic (exact) mass is 404 g/mol. The molecule has 0 atom stereocenters. The number of nitrogens with zero attached hydrogens (tertiary/aromatic N) is 4. The van der Waals surface area contributed by atoms with Gasteiger partial charge in [0.05, 0.1) is 5.69 Å². The standard InChI is InChI=1S/C20H12N4O4S/c25-17-9-13(18-14-4-2-1-3-12(14)5-6-16(18)28-17)10-27-20(26)19-15(7-8-29-19)24-11-21-22-23-24/h1-9,11H,10H2. The number of carbonyl (C=O) groups is 1. The van der Waals surface area contributed by atoms with E-state index in [2.05, 4.69) is 15.5 Å². The molecule has 2 aromatic carbocycles. The lowest BCUT2D eigenvalue weighted by molar-refractivity contribution is 0.0479. The largest absolute Gasteiger partial charge is 0.457 e. The molecule has 142 valence electrons. The van der Waals surface area contributed by atoms with E-state index in [1.54, 1.807) is 17.5 Å². The van der Waals surface area contributed by atoms with Gasteiger partial charge in [-0.15, -0.1) is 16.4 Å². The van der Waals surface area contributed by atoms with Gasteiger partial charge in [0, 0.05) is 17.0 Å². The van der Waals surface area contributed by atoms with E-state index in [1.807, 2.05) is 30.3 Å². The van der Waals surface area contributed by atoms with E-state index < -0.39 is 11.6 Å². The first kappa shape index (κ1) is 17.3. The number of esters is 1. The maximum absolute atomic E-state index is 12.7. The summed E-state index contributed by atoms with van der Waals surface area (Å²) in [7, 11) is 0. The lowest BCUT2D eigenvalue weighted by Gasteiger charge is -2.10. The molecule has 0 spiro atoms. The topological polar surface area (TPSA) is 100 Å². The van der Waals surface area contributed by atoms with Gasteiger partial charge in [-0.2, -0.15) is 4.68 Å². The number of hydrogen-bond donors (Lipinski definition) is 0. The van der Waals surface area contributed by atoms with Gasteiger partial charge < -0.3 is 9.15 Å². The normalized spacial score (nSPS) is 11.2. The molecule has 3 heterocycles. The molecular formula is C20H12N4O4S. The van der Waals surface area contributed by atoms with Crippen LogP contribution in [0.15, 0.2) is 69.5 Å². The fraction of sp³-hybridized carbons (Fsp3) is 0.0500. The Hall–Kier alpha value is -3.85. The summed E-state index contributed by atoms with van der Waals surface area (Å²) in [6.07, 6.45) is 1.40. The summed E-state index contributed by atoms with van der Waals surface area (Å²) in [4.78, 5) is 25.0. The van der Waals surface area contributed by atoms with E-state index in [4.69, 9.17) is 9.15 Å². The van der Waals surface area contributed by atoms with Crippen molar-refractivity contribution in [3.63, 3.8) is 0 Å². The molecule has 3 aromatic heterocycles. The zero-order valence-corrected chi connectivity index (χ0v) is 15.6. The predicted octanol–water partition coefficient (Wildman–Crippen LogP) is 3.34. The molecule has 5 aromatic rings. The van der Waals surface area contributed by atoms with E-state index >= 15 is 0 Å². The molecule has 8 nitrogen and oxygen atoms in total. The number of benzene rings is 2. The summed E-state index contributed by atoms with van der Waals surface area (Å²) >= 11 is 1.23. The van der Waals surface area contributed by atoms with Crippen molar-refractivity contribution in [1.82, 2.24) is 20.2 Å². The molecule has 0 bridgehead atoms. The lowest BCUT2D eigenvalue weighted by Crippen LogP contribution is -2.09. The van der Waals surface area contributed by atoms with Crippen LogP contribution in [-0.4, -0.2) is 26.2 Å². The summed E-state index contributed by atoms with van der Waals surface area (Å²) in [5.41, 5.74) is 1.08. The molecule has 0 fully saturated rings. The molecule has 0 aliphatic carbocycles. The Morgan fingerprint density at radius 3 is 2.93 bits per heavy atom. The summed E-state index contributed by atoms with van der Waals surface area (Å²) in [6, 6.07) is 14.5. The Bertz CT molecular complexity index is 1410. The van der Waals surface area contributed by atoms with Gasteiger partial charge >= 0.3 is 11.6 Å². The van der Waals surface area contributed by atoms with Crippen molar-refractivity contribution in [2.45, 2.75) is 6.61 Å². The summed E-state index contributed by atoms with van der Waals surface area (Å²) in [6.45, 7) is -0.0676. The van der Waals surface area contributed by atoms with E-state index in [1.165, 1.54) is 28.4 Å². The minimum atomic E-state index is -0.521. The predicted molar refractivity (Wildman–Crippen MR) is 106 cm³/mol. The second-order valence-electron chi connectivity index (χ2n) is 6.22. The van der Waals surface area contributed by atoms with Crippen LogP contribution in [0.5, 0.6) is 0 Å². The molecule has 0 saturated carbocycles. The van der Waals surface area contributed by atoms with Gasteiger partial charge in [0.1, 0.15) is 23.4 Å². The van der Waals surface area contributed by atoms with Gasteiger partial charge in [0.2, 0.25) is 0 Å². The molecule has 0 radical (unpaired) electrons. The van der Waals surface area contributed by atoms with Crippen LogP contribution < -0.4 is 5.63 Å². The first-order chi connectivity index (χ1) is 14.2. The molecule has 29 heavy (non-hydrogen) atoms. The molecule has 0 amide bonds. The van der Waals surface area contributed by atoms with Crippen LogP contribution in [0, 0.1) is 0 Å². The van der Waals surface area contributed by atoms with Gasteiger partial charge in [0.15, 0.2) is 0 Å². The van der Waals surface area contributed by atoms with Crippen molar-refractivity contribution < 1.29 is 13.9 Å². The van der Waals surface area contributed by atoms with Crippen LogP contribution in [0.25, 0.3) is 27.4 Å². The first-order valence-corrected chi connectivity index (χ1v) is 9.51. The summed E-state index contributed by atoms with van der Waals surface area (Å²) < 4.78 is 12.3. The number of hydrogen-bond acceptors (Lipinski definition) is 8. The van der Waals surface area contributed by atoms with Gasteiger partial charge in [-0.1, -0.05) is 30.3 Å². The zero-order chi connectivity index (χ0) is 19.8. The van der Waals surface area contributed by atoms with Crippen LogP contribution in [0.4, 0.5) is 0 Å². The van der Waals surface area contributed by atoms with Crippen molar-refractivity contribution in [3.8, 4) is 5.69 Å². The van der Waals surface area contributed by atoms with Crippen LogP contribution in [-0.2, 0) is 11.3 Å². The van der Waals surface area contributed by atoms with E-state index in [-0.39, 0.29) is 6.61 Å². The minimum Gasteiger partial charge on any atom is -0.457 e. The molecule has 0 aliphatic rings. The second kappa shape index (κ2) is 6.95. The molecule has 9 heteroatoms. The Kier molecular flexibility index (Phi) is 4.14. The average molecular weight is 404 g/mol. The highest BCUT2D eigenvalue weighted by atomic mass is 32.1. The van der Waals surface area contributed by atoms with Crippen LogP contribution in [0.1, 0.15) is 15.2 Å². The van der Waals surface area contributed by atoms with Gasteiger partial charge in [0.25, 0.3) is 0 Å². The van der Waals surface area contributed by atoms with Crippen molar-refractivity contribution in [3.05, 3.63) is 81.1 Å². The third kappa shape index (κ3) is 3.07. The highest BCUT2D eigenvalue weighted by molar-refractivity contribution is 7.12. The third-order valence-corrected chi connectivity index (χ3v) is 5.38. The summed E-state index contributed by atoms with van der Waals surface area (Å²) in [5.74, 6) is -0.521. The fourth-order valence-electron chi connectivity index (χ4n) is 3.25. The molecule has 0 unspecified atom stereocenters. The molecule has 5 rings (SSSR count). The first-order valence-electron chi connectivity index (χ1n) is 8.63. The van der Waals surface area contributed by atoms with Crippen molar-refractivity contribution in [2.24, 2.45) is 0 Å². The second-order valence-corrected chi connectivity index (χ2v) is 7.13. The van der Waals surface area contributed by atoms with Gasteiger partial charge in [-0.3, -0.25) is 0 Å². The SMILES string of the molecule is O=C(OCc1cc(=O)oc2ccc3ccccc3c12)c1sccc1-n1cnnn1. The average Bonchev–Trinajstić information content (AvgIpc) is 3.42. The highest BCUT2D eigenvalue weighted by Gasteiger charge is 2.18. The maximum Gasteiger partial charge on any atom is 0.350 e. The van der Waals surface area contributed by atoms with Crippen molar-refractivity contribution >= 4 is 39.0 Å². The van der Waals surface area contributed by atoms with Gasteiger partial charge in [-0.05, 0) is 38.7 Å². The van der Waals surface area contributed by atoms with E-state index in [0.29, 0.717) is 21.7 Å². The fourth-order valence-corrected chi connectivity index (χ4v) is 4.02. The van der Waals surface area contributed by atoms with Crippen LogP contribution in [0.2, 0.25) is 0 Å². The number of carbonyl (C=O) groups excluding carboxylic acids is 1. The Morgan fingerprint density at radius 2 is 2.07 bits per heavy atom. The van der Waals surface area contributed by atoms with Crippen molar-refractivity contribution in [1.29, 1.82) is 0 Å². The smallest absolute Gasteiger partial charge is 0.350 e. The van der Waals surface area contributed by atoms with E-state index in [9.17, 15) is 9.59 Å². The Labute approximate surface area is 167 Å². The Morgan fingerprint density at radius 1 is 1.17 bits per heavy atom. The van der Waals surface area contributed by atoms with Crippen LogP contribution in [0.3, 0.4) is 0 Å². The van der Waals surface area contributed by atoms with Crippen LogP contribution >= 0.6 is 11.3 Å². The van der Waals surface area contributed by atoms with Crippen molar-refractivity contribution in [2.75, 3.05) is 0 Å². The van der Waals surface area contributed by atoms with Gasteiger partial charge in [-0.25, -0.2) is 9.59 Å². The number of aromatic nitrogens is 4. The molecule has 0 N–H and O–H groups in total. The molecular weight excluding hydrogens is 392 g/mol.